The van der Waals surface area contributed by atoms with Crippen molar-refractivity contribution in [2.75, 3.05) is 12.4 Å². The Hall–Kier alpha value is -1.94. The summed E-state index contributed by atoms with van der Waals surface area (Å²) >= 11 is 1.55. The van der Waals surface area contributed by atoms with Gasteiger partial charge in [-0.1, -0.05) is 37.3 Å². The van der Waals surface area contributed by atoms with E-state index in [1.807, 2.05) is 30.3 Å². The molecule has 1 atom stereocenters. The molecular weight excluding hydrogens is 332 g/mol. The molecule has 4 heteroatoms. The van der Waals surface area contributed by atoms with Crippen LogP contribution in [0.1, 0.15) is 38.7 Å². The van der Waals surface area contributed by atoms with Crippen LogP contribution in [-0.4, -0.2) is 23.4 Å². The molecule has 0 saturated heterocycles. The number of benzene rings is 2. The first kappa shape index (κ1) is 19.4. The number of rotatable bonds is 9. The maximum Gasteiger partial charge on any atom is 0.309 e. The molecule has 2 aromatic rings. The quantitative estimate of drug-likeness (QED) is 0.604. The third-order valence-electron chi connectivity index (χ3n) is 4.22. The van der Waals surface area contributed by atoms with Crippen LogP contribution in [0.2, 0.25) is 0 Å². The van der Waals surface area contributed by atoms with E-state index in [-0.39, 0.29) is 0 Å². The summed E-state index contributed by atoms with van der Waals surface area (Å²) < 4.78 is 5.95. The van der Waals surface area contributed by atoms with Gasteiger partial charge in [0, 0.05) is 16.6 Å². The summed E-state index contributed by atoms with van der Waals surface area (Å²) in [6.45, 7) is 6.31. The predicted molar refractivity (Wildman–Crippen MR) is 104 cm³/mol. The van der Waals surface area contributed by atoms with E-state index in [0.717, 1.165) is 17.1 Å². The van der Waals surface area contributed by atoms with Gasteiger partial charge < -0.3 is 9.84 Å². The molecule has 0 aromatic heterocycles. The molecule has 0 spiro atoms. The van der Waals surface area contributed by atoms with Crippen LogP contribution in [0.25, 0.3) is 0 Å². The van der Waals surface area contributed by atoms with Gasteiger partial charge in [-0.25, -0.2) is 0 Å². The fourth-order valence-corrected chi connectivity index (χ4v) is 3.31. The molecule has 134 valence electrons. The molecule has 0 heterocycles. The predicted octanol–water partition coefficient (Wildman–Crippen LogP) is 5.46. The van der Waals surface area contributed by atoms with E-state index in [1.54, 1.807) is 25.6 Å². The van der Waals surface area contributed by atoms with Crippen LogP contribution in [0.5, 0.6) is 5.75 Å². The number of carboxylic acids is 1. The number of thioether (sulfide) groups is 1. The fraction of sp³-hybridized carbons (Fsp3) is 0.381. The van der Waals surface area contributed by atoms with Crippen LogP contribution in [0.3, 0.4) is 0 Å². The molecule has 25 heavy (non-hydrogen) atoms. The topological polar surface area (TPSA) is 46.5 Å². The molecule has 1 unspecified atom stereocenters. The van der Waals surface area contributed by atoms with Gasteiger partial charge in [0.25, 0.3) is 0 Å². The Bertz CT molecular complexity index is 665. The van der Waals surface area contributed by atoms with Gasteiger partial charge in [0.2, 0.25) is 0 Å². The standard InChI is InChI=1S/C21H26O3S/c1-4-16(17-8-6-5-7-9-17)14-24-18-10-12-19(13-11-18)25-15-21(2,3)20(22)23/h5-13,16H,4,14-15H2,1-3H3,(H,22,23). The Kier molecular flexibility index (Phi) is 6.94. The number of carbonyl (C=O) groups is 1. The second kappa shape index (κ2) is 8.95. The highest BCUT2D eigenvalue weighted by molar-refractivity contribution is 7.99. The molecule has 0 radical (unpaired) electrons. The van der Waals surface area contributed by atoms with Crippen LogP contribution >= 0.6 is 11.8 Å². The zero-order valence-electron chi connectivity index (χ0n) is 15.1. The number of aliphatic carboxylic acids is 1. The van der Waals surface area contributed by atoms with Gasteiger partial charge >= 0.3 is 5.97 Å². The molecule has 0 saturated carbocycles. The van der Waals surface area contributed by atoms with Crippen LogP contribution in [-0.2, 0) is 4.79 Å². The van der Waals surface area contributed by atoms with Crippen molar-refractivity contribution in [1.82, 2.24) is 0 Å². The summed E-state index contributed by atoms with van der Waals surface area (Å²) in [4.78, 5) is 12.2. The smallest absolute Gasteiger partial charge is 0.309 e. The first-order chi connectivity index (χ1) is 11.9. The van der Waals surface area contributed by atoms with Crippen LogP contribution in [0.4, 0.5) is 0 Å². The van der Waals surface area contributed by atoms with Gasteiger partial charge in [0.05, 0.1) is 12.0 Å². The Morgan fingerprint density at radius 3 is 2.32 bits per heavy atom. The van der Waals surface area contributed by atoms with Crippen molar-refractivity contribution < 1.29 is 14.6 Å². The molecule has 2 aromatic carbocycles. The minimum atomic E-state index is -0.772. The van der Waals surface area contributed by atoms with Gasteiger partial charge in [-0.3, -0.25) is 4.79 Å². The average Bonchev–Trinajstić information content (AvgIpc) is 2.62. The Balaban J connectivity index is 1.89. The highest BCUT2D eigenvalue weighted by atomic mass is 32.2. The maximum absolute atomic E-state index is 11.2. The first-order valence-electron chi connectivity index (χ1n) is 8.56. The third-order valence-corrected chi connectivity index (χ3v) is 5.69. The van der Waals surface area contributed by atoms with Crippen LogP contribution in [0, 0.1) is 5.41 Å². The second-order valence-corrected chi connectivity index (χ2v) is 7.82. The van der Waals surface area contributed by atoms with Gasteiger partial charge in [-0.15, -0.1) is 11.8 Å². The Morgan fingerprint density at radius 2 is 1.76 bits per heavy atom. The minimum absolute atomic E-state index is 0.381. The van der Waals surface area contributed by atoms with Gasteiger partial charge in [0.1, 0.15) is 5.75 Å². The van der Waals surface area contributed by atoms with Gasteiger partial charge in [-0.05, 0) is 50.1 Å². The minimum Gasteiger partial charge on any atom is -0.493 e. The maximum atomic E-state index is 11.2. The fourth-order valence-electron chi connectivity index (χ4n) is 2.33. The van der Waals surface area contributed by atoms with Crippen LogP contribution < -0.4 is 4.74 Å². The number of carboxylic acid groups (broad SMARTS) is 1. The van der Waals surface area contributed by atoms with Crippen molar-refractivity contribution >= 4 is 17.7 Å². The van der Waals surface area contributed by atoms with E-state index in [0.29, 0.717) is 18.3 Å². The zero-order chi connectivity index (χ0) is 18.3. The van der Waals surface area contributed by atoms with Gasteiger partial charge in [0.15, 0.2) is 0 Å². The molecule has 0 fully saturated rings. The number of hydrogen-bond donors (Lipinski definition) is 1. The molecule has 0 bridgehead atoms. The van der Waals surface area contributed by atoms with Crippen molar-refractivity contribution in [2.45, 2.75) is 38.0 Å². The summed E-state index contributed by atoms with van der Waals surface area (Å²) in [5.41, 5.74) is 0.567. The van der Waals surface area contributed by atoms with Crippen molar-refractivity contribution in [3.8, 4) is 5.75 Å². The average molecular weight is 359 g/mol. The van der Waals surface area contributed by atoms with Crippen molar-refractivity contribution in [1.29, 1.82) is 0 Å². The highest BCUT2D eigenvalue weighted by Crippen LogP contribution is 2.29. The molecule has 0 aliphatic heterocycles. The van der Waals surface area contributed by atoms with Crippen molar-refractivity contribution in [2.24, 2.45) is 5.41 Å². The third kappa shape index (κ3) is 5.82. The van der Waals surface area contributed by atoms with E-state index in [4.69, 9.17) is 9.84 Å². The molecule has 1 N–H and O–H groups in total. The summed E-state index contributed by atoms with van der Waals surface area (Å²) in [5, 5.41) is 9.17. The summed E-state index contributed by atoms with van der Waals surface area (Å²) in [6, 6.07) is 18.3. The lowest BCUT2D eigenvalue weighted by Gasteiger charge is -2.18. The molecule has 0 aliphatic carbocycles. The normalized spacial score (nSPS) is 12.6. The number of ether oxygens (including phenoxy) is 1. The summed E-state index contributed by atoms with van der Waals surface area (Å²) in [6.07, 6.45) is 1.03. The lowest BCUT2D eigenvalue weighted by atomic mass is 9.97. The van der Waals surface area contributed by atoms with E-state index in [2.05, 4.69) is 31.2 Å². The van der Waals surface area contributed by atoms with E-state index in [1.165, 1.54) is 5.56 Å². The molecule has 0 amide bonds. The van der Waals surface area contributed by atoms with Crippen LogP contribution in [0.15, 0.2) is 59.5 Å². The molecule has 0 aliphatic rings. The first-order valence-corrected chi connectivity index (χ1v) is 9.55. The summed E-state index contributed by atoms with van der Waals surface area (Å²) in [7, 11) is 0. The van der Waals surface area contributed by atoms with Crippen molar-refractivity contribution in [3.63, 3.8) is 0 Å². The molecular formula is C21H26O3S. The van der Waals surface area contributed by atoms with Gasteiger partial charge in [-0.2, -0.15) is 0 Å². The van der Waals surface area contributed by atoms with E-state index in [9.17, 15) is 4.79 Å². The monoisotopic (exact) mass is 358 g/mol. The lowest BCUT2D eigenvalue weighted by Crippen LogP contribution is -2.26. The highest BCUT2D eigenvalue weighted by Gasteiger charge is 2.27. The Labute approximate surface area is 154 Å². The summed E-state index contributed by atoms with van der Waals surface area (Å²) in [5.74, 6) is 0.989. The largest absolute Gasteiger partial charge is 0.493 e. The SMILES string of the molecule is CCC(COc1ccc(SCC(C)(C)C(=O)O)cc1)c1ccccc1. The lowest BCUT2D eigenvalue weighted by molar-refractivity contribution is -0.145. The van der Waals surface area contributed by atoms with E-state index < -0.39 is 11.4 Å². The van der Waals surface area contributed by atoms with Crippen molar-refractivity contribution in [3.05, 3.63) is 60.2 Å². The number of hydrogen-bond acceptors (Lipinski definition) is 3. The zero-order valence-corrected chi connectivity index (χ0v) is 15.9. The molecule has 2 rings (SSSR count). The Morgan fingerprint density at radius 1 is 1.12 bits per heavy atom. The van der Waals surface area contributed by atoms with E-state index >= 15 is 0 Å². The second-order valence-electron chi connectivity index (χ2n) is 6.78. The molecule has 3 nitrogen and oxygen atoms in total.